The largest absolute Gasteiger partial charge is 0.458 e. The normalized spacial score (nSPS) is 10.4. The molecule has 0 bridgehead atoms. The topological polar surface area (TPSA) is 78.9 Å². The molecule has 0 unspecified atom stereocenters. The van der Waals surface area contributed by atoms with Gasteiger partial charge in [0.05, 0.1) is 0 Å². The highest BCUT2D eigenvalue weighted by molar-refractivity contribution is 5.88. The van der Waals surface area contributed by atoms with Crippen molar-refractivity contribution in [1.29, 1.82) is 0 Å². The maximum absolute atomic E-state index is 11.7. The molecule has 0 atom stereocenters. The minimum Gasteiger partial charge on any atom is -0.458 e. The zero-order valence-electron chi connectivity index (χ0n) is 13.5. The van der Waals surface area contributed by atoms with Gasteiger partial charge in [0.2, 0.25) is 0 Å². The first-order chi connectivity index (χ1) is 9.98. The molecule has 0 aromatic rings. The van der Waals surface area contributed by atoms with Crippen LogP contribution in [-0.4, -0.2) is 36.7 Å². The Hall–Kier alpha value is -2.37. The van der Waals surface area contributed by atoms with E-state index in [9.17, 15) is 14.4 Å². The summed E-state index contributed by atoms with van der Waals surface area (Å²) in [4.78, 5) is 34.6. The third-order valence-electron chi connectivity index (χ3n) is 2.40. The Morgan fingerprint density at radius 1 is 0.773 bits per heavy atom. The third kappa shape index (κ3) is 6.88. The van der Waals surface area contributed by atoms with E-state index in [0.29, 0.717) is 0 Å². The van der Waals surface area contributed by atoms with Gasteiger partial charge in [-0.2, -0.15) is 0 Å². The molecule has 0 fully saturated rings. The van der Waals surface area contributed by atoms with Crippen LogP contribution in [0.3, 0.4) is 0 Å². The lowest BCUT2D eigenvalue weighted by molar-refractivity contribution is -0.176. The second-order valence-electron chi connectivity index (χ2n) is 5.33. The standard InChI is InChI=1S/C16H22O6/c1-10(2)13(17)20-8-16(7,22-15(19)12(5)6)9-21-14(18)11(3)4/h1,3,5,8-9H2,2,4,6-7H3. The number of ether oxygens (including phenoxy) is 3. The fraction of sp³-hybridized carbons (Fsp3) is 0.438. The fourth-order valence-corrected chi connectivity index (χ4v) is 1.09. The van der Waals surface area contributed by atoms with Gasteiger partial charge in [-0.15, -0.1) is 0 Å². The zero-order valence-corrected chi connectivity index (χ0v) is 13.5. The minimum absolute atomic E-state index is 0.170. The average molecular weight is 310 g/mol. The fourth-order valence-electron chi connectivity index (χ4n) is 1.09. The molecule has 0 aromatic carbocycles. The maximum Gasteiger partial charge on any atom is 0.333 e. The van der Waals surface area contributed by atoms with Crippen molar-refractivity contribution in [1.82, 2.24) is 0 Å². The maximum atomic E-state index is 11.7. The predicted octanol–water partition coefficient (Wildman–Crippen LogP) is 2.10. The molecule has 0 saturated carbocycles. The van der Waals surface area contributed by atoms with Crippen LogP contribution in [0, 0.1) is 0 Å². The first-order valence-electron chi connectivity index (χ1n) is 6.52. The van der Waals surface area contributed by atoms with Crippen LogP contribution in [0.5, 0.6) is 0 Å². The molecule has 0 aliphatic carbocycles. The Morgan fingerprint density at radius 2 is 1.09 bits per heavy atom. The van der Waals surface area contributed by atoms with E-state index in [2.05, 4.69) is 19.7 Å². The van der Waals surface area contributed by atoms with Gasteiger partial charge in [-0.25, -0.2) is 14.4 Å². The van der Waals surface area contributed by atoms with Crippen LogP contribution >= 0.6 is 0 Å². The summed E-state index contributed by atoms with van der Waals surface area (Å²) in [6, 6.07) is 0. The Balaban J connectivity index is 4.95. The van der Waals surface area contributed by atoms with Crippen LogP contribution in [-0.2, 0) is 28.6 Å². The molecule has 0 spiro atoms. The van der Waals surface area contributed by atoms with Crippen LogP contribution in [0.25, 0.3) is 0 Å². The van der Waals surface area contributed by atoms with Crippen LogP contribution in [0.4, 0.5) is 0 Å². The summed E-state index contributed by atoms with van der Waals surface area (Å²) in [6.45, 7) is 15.7. The first kappa shape index (κ1) is 19.6. The summed E-state index contributed by atoms with van der Waals surface area (Å²) >= 11 is 0. The highest BCUT2D eigenvalue weighted by atomic mass is 16.6. The van der Waals surface area contributed by atoms with Crippen LogP contribution in [0.1, 0.15) is 27.7 Å². The summed E-state index contributed by atoms with van der Waals surface area (Å²) in [5.41, 5.74) is -0.768. The van der Waals surface area contributed by atoms with Crippen molar-refractivity contribution in [2.24, 2.45) is 0 Å². The first-order valence-corrected chi connectivity index (χ1v) is 6.52. The number of esters is 3. The zero-order chi connectivity index (χ0) is 17.5. The highest BCUT2D eigenvalue weighted by Gasteiger charge is 2.33. The molecule has 0 aromatic heterocycles. The number of carbonyl (C=O) groups is 3. The Kier molecular flexibility index (Phi) is 7.29. The molecular weight excluding hydrogens is 288 g/mol. The second kappa shape index (κ2) is 8.17. The van der Waals surface area contributed by atoms with E-state index in [1.807, 2.05) is 0 Å². The van der Waals surface area contributed by atoms with Gasteiger partial charge in [-0.05, 0) is 27.7 Å². The molecular formula is C16H22O6. The number of carbonyl (C=O) groups excluding carboxylic acids is 3. The van der Waals surface area contributed by atoms with Crippen LogP contribution in [0.15, 0.2) is 36.5 Å². The second-order valence-corrected chi connectivity index (χ2v) is 5.33. The summed E-state index contributed by atoms with van der Waals surface area (Å²) in [5.74, 6) is -1.95. The third-order valence-corrected chi connectivity index (χ3v) is 2.40. The van der Waals surface area contributed by atoms with E-state index in [1.165, 1.54) is 27.7 Å². The molecule has 6 heteroatoms. The van der Waals surface area contributed by atoms with Crippen molar-refractivity contribution in [2.75, 3.05) is 13.2 Å². The average Bonchev–Trinajstić information content (AvgIpc) is 2.41. The van der Waals surface area contributed by atoms with Gasteiger partial charge in [0.1, 0.15) is 13.2 Å². The monoisotopic (exact) mass is 310 g/mol. The molecule has 0 saturated heterocycles. The lowest BCUT2D eigenvalue weighted by Gasteiger charge is -2.28. The number of hydrogen-bond donors (Lipinski definition) is 0. The van der Waals surface area contributed by atoms with E-state index < -0.39 is 23.5 Å². The van der Waals surface area contributed by atoms with Crippen LogP contribution in [0.2, 0.25) is 0 Å². The van der Waals surface area contributed by atoms with E-state index in [-0.39, 0.29) is 29.9 Å². The van der Waals surface area contributed by atoms with Crippen molar-refractivity contribution in [3.05, 3.63) is 36.5 Å². The predicted molar refractivity (Wildman–Crippen MR) is 80.9 cm³/mol. The number of hydrogen-bond acceptors (Lipinski definition) is 6. The lowest BCUT2D eigenvalue weighted by Crippen LogP contribution is -2.43. The molecule has 0 N–H and O–H groups in total. The number of rotatable bonds is 8. The molecule has 0 aliphatic rings. The van der Waals surface area contributed by atoms with Crippen molar-refractivity contribution in [3.63, 3.8) is 0 Å². The van der Waals surface area contributed by atoms with Crippen molar-refractivity contribution >= 4 is 17.9 Å². The lowest BCUT2D eigenvalue weighted by atomic mass is 10.1. The molecule has 0 aliphatic heterocycles. The van der Waals surface area contributed by atoms with E-state index in [4.69, 9.17) is 14.2 Å². The van der Waals surface area contributed by atoms with Gasteiger partial charge >= 0.3 is 17.9 Å². The van der Waals surface area contributed by atoms with Gasteiger partial charge in [0, 0.05) is 16.7 Å². The molecule has 0 amide bonds. The van der Waals surface area contributed by atoms with Gasteiger partial charge in [0.25, 0.3) is 0 Å². The van der Waals surface area contributed by atoms with Gasteiger partial charge < -0.3 is 14.2 Å². The van der Waals surface area contributed by atoms with E-state index >= 15 is 0 Å². The van der Waals surface area contributed by atoms with Gasteiger partial charge in [-0.1, -0.05) is 19.7 Å². The SMILES string of the molecule is C=C(C)C(=O)OCC(C)(COC(=O)C(=C)C)OC(=O)C(=C)C. The van der Waals surface area contributed by atoms with Crippen molar-refractivity contribution < 1.29 is 28.6 Å². The van der Waals surface area contributed by atoms with E-state index in [0.717, 1.165) is 0 Å². The smallest absolute Gasteiger partial charge is 0.333 e. The summed E-state index contributed by atoms with van der Waals surface area (Å²) in [7, 11) is 0. The molecule has 0 heterocycles. The van der Waals surface area contributed by atoms with Gasteiger partial charge in [0.15, 0.2) is 5.60 Å². The van der Waals surface area contributed by atoms with E-state index in [1.54, 1.807) is 0 Å². The summed E-state index contributed by atoms with van der Waals surface area (Å²) in [5, 5.41) is 0. The molecule has 0 radical (unpaired) electrons. The van der Waals surface area contributed by atoms with Crippen molar-refractivity contribution in [3.8, 4) is 0 Å². The summed E-state index contributed by atoms with van der Waals surface area (Å²) in [6.07, 6.45) is 0. The Labute approximate surface area is 130 Å². The van der Waals surface area contributed by atoms with Crippen molar-refractivity contribution in [2.45, 2.75) is 33.3 Å². The molecule has 6 nitrogen and oxygen atoms in total. The quantitative estimate of drug-likeness (QED) is 0.388. The summed E-state index contributed by atoms with van der Waals surface area (Å²) < 4.78 is 15.2. The Bertz CT molecular complexity index is 485. The molecule has 122 valence electrons. The molecule has 22 heavy (non-hydrogen) atoms. The van der Waals surface area contributed by atoms with Crippen LogP contribution < -0.4 is 0 Å². The highest BCUT2D eigenvalue weighted by Crippen LogP contribution is 2.16. The molecule has 0 rings (SSSR count). The minimum atomic E-state index is -1.34. The van der Waals surface area contributed by atoms with Gasteiger partial charge in [-0.3, -0.25) is 0 Å². The Morgan fingerprint density at radius 3 is 1.36 bits per heavy atom.